The number of hydrogen-bond acceptors (Lipinski definition) is 4. The SMILES string of the molecule is COC(=O)C(C)(C)NS(=O)(=O)c1ccc2ccccc2c1. The Labute approximate surface area is 124 Å². The lowest BCUT2D eigenvalue weighted by atomic mass is 10.1. The average Bonchev–Trinajstić information content (AvgIpc) is 2.44. The molecular formula is C15H17NO4S. The molecule has 0 unspecified atom stereocenters. The minimum absolute atomic E-state index is 0.109. The lowest BCUT2D eigenvalue weighted by molar-refractivity contribution is -0.146. The van der Waals surface area contributed by atoms with E-state index in [-0.39, 0.29) is 4.90 Å². The molecule has 5 nitrogen and oxygen atoms in total. The summed E-state index contributed by atoms with van der Waals surface area (Å²) in [5, 5.41) is 1.76. The maximum Gasteiger partial charge on any atom is 0.326 e. The second kappa shape index (κ2) is 5.46. The number of nitrogens with one attached hydrogen (secondary N) is 1. The molecule has 0 saturated heterocycles. The molecule has 0 radical (unpaired) electrons. The van der Waals surface area contributed by atoms with Crippen molar-refractivity contribution in [2.75, 3.05) is 7.11 Å². The fourth-order valence-corrected chi connectivity index (χ4v) is 3.43. The van der Waals surface area contributed by atoms with Crippen molar-refractivity contribution in [1.82, 2.24) is 4.72 Å². The molecule has 0 aliphatic carbocycles. The molecule has 2 aromatic rings. The summed E-state index contributed by atoms with van der Waals surface area (Å²) in [7, 11) is -2.60. The molecule has 0 aromatic heterocycles. The first-order chi connectivity index (χ1) is 9.76. The van der Waals surface area contributed by atoms with Crippen molar-refractivity contribution < 1.29 is 17.9 Å². The topological polar surface area (TPSA) is 72.5 Å². The molecule has 2 rings (SSSR count). The maximum absolute atomic E-state index is 12.4. The summed E-state index contributed by atoms with van der Waals surface area (Å²) in [6, 6.07) is 12.3. The van der Waals surface area contributed by atoms with Crippen molar-refractivity contribution in [3.05, 3.63) is 42.5 Å². The zero-order valence-electron chi connectivity index (χ0n) is 12.1. The van der Waals surface area contributed by atoms with Crippen molar-refractivity contribution in [1.29, 1.82) is 0 Å². The van der Waals surface area contributed by atoms with Gasteiger partial charge in [0, 0.05) is 0 Å². The molecule has 0 amide bonds. The zero-order chi connectivity index (χ0) is 15.7. The van der Waals surface area contributed by atoms with Gasteiger partial charge in [-0.25, -0.2) is 8.42 Å². The molecule has 0 fully saturated rings. The van der Waals surface area contributed by atoms with Gasteiger partial charge in [-0.05, 0) is 36.8 Å². The van der Waals surface area contributed by atoms with Crippen LogP contribution in [0.5, 0.6) is 0 Å². The molecule has 2 aromatic carbocycles. The smallest absolute Gasteiger partial charge is 0.326 e. The van der Waals surface area contributed by atoms with E-state index in [1.165, 1.54) is 27.0 Å². The van der Waals surface area contributed by atoms with Crippen LogP contribution < -0.4 is 4.72 Å². The number of benzene rings is 2. The van der Waals surface area contributed by atoms with Gasteiger partial charge in [0.05, 0.1) is 12.0 Å². The molecule has 0 bridgehead atoms. The number of rotatable bonds is 4. The Balaban J connectivity index is 2.40. The Morgan fingerprint density at radius 2 is 1.71 bits per heavy atom. The third-order valence-electron chi connectivity index (χ3n) is 3.12. The molecule has 0 aliphatic rings. The highest BCUT2D eigenvalue weighted by Gasteiger charge is 2.34. The highest BCUT2D eigenvalue weighted by atomic mass is 32.2. The molecular weight excluding hydrogens is 290 g/mol. The van der Waals surface area contributed by atoms with E-state index in [0.717, 1.165) is 10.8 Å². The van der Waals surface area contributed by atoms with Gasteiger partial charge in [0.25, 0.3) is 0 Å². The number of esters is 1. The predicted octanol–water partition coefficient (Wildman–Crippen LogP) is 2.07. The van der Waals surface area contributed by atoms with Gasteiger partial charge in [-0.3, -0.25) is 4.79 Å². The first-order valence-electron chi connectivity index (χ1n) is 6.37. The van der Waals surface area contributed by atoms with Crippen LogP contribution in [0.4, 0.5) is 0 Å². The van der Waals surface area contributed by atoms with E-state index >= 15 is 0 Å². The molecule has 1 N–H and O–H groups in total. The van der Waals surface area contributed by atoms with Crippen molar-refractivity contribution in [2.24, 2.45) is 0 Å². The first kappa shape index (κ1) is 15.5. The fraction of sp³-hybridized carbons (Fsp3) is 0.267. The van der Waals surface area contributed by atoms with Crippen molar-refractivity contribution in [3.8, 4) is 0 Å². The summed E-state index contributed by atoms with van der Waals surface area (Å²) >= 11 is 0. The summed E-state index contributed by atoms with van der Waals surface area (Å²) < 4.78 is 31.7. The van der Waals surface area contributed by atoms with Gasteiger partial charge in [-0.15, -0.1) is 0 Å². The molecule has 0 aliphatic heterocycles. The molecule has 0 saturated carbocycles. The Kier molecular flexibility index (Phi) is 4.02. The van der Waals surface area contributed by atoms with Crippen LogP contribution >= 0.6 is 0 Å². The van der Waals surface area contributed by atoms with Crippen LogP contribution in [0.1, 0.15) is 13.8 Å². The molecule has 112 valence electrons. The van der Waals surface area contributed by atoms with Gasteiger partial charge < -0.3 is 4.74 Å². The minimum Gasteiger partial charge on any atom is -0.468 e. The zero-order valence-corrected chi connectivity index (χ0v) is 12.9. The van der Waals surface area contributed by atoms with Crippen molar-refractivity contribution in [3.63, 3.8) is 0 Å². The average molecular weight is 307 g/mol. The molecule has 21 heavy (non-hydrogen) atoms. The Morgan fingerprint density at radius 3 is 2.33 bits per heavy atom. The largest absolute Gasteiger partial charge is 0.468 e. The first-order valence-corrected chi connectivity index (χ1v) is 7.86. The lowest BCUT2D eigenvalue weighted by Gasteiger charge is -2.22. The van der Waals surface area contributed by atoms with Crippen LogP contribution in [0.3, 0.4) is 0 Å². The second-order valence-corrected chi connectivity index (χ2v) is 6.91. The highest BCUT2D eigenvalue weighted by Crippen LogP contribution is 2.20. The van der Waals surface area contributed by atoms with E-state index in [2.05, 4.69) is 9.46 Å². The van der Waals surface area contributed by atoms with E-state index in [0.29, 0.717) is 0 Å². The standard InChI is InChI=1S/C15H17NO4S/c1-15(2,14(17)20-3)16-21(18,19)13-9-8-11-6-4-5-7-12(11)10-13/h4-10,16H,1-3H3. The van der Waals surface area contributed by atoms with Crippen LogP contribution in [-0.4, -0.2) is 27.0 Å². The Morgan fingerprint density at radius 1 is 1.10 bits per heavy atom. The lowest BCUT2D eigenvalue weighted by Crippen LogP contribution is -2.50. The summed E-state index contributed by atoms with van der Waals surface area (Å²) in [4.78, 5) is 11.7. The quantitative estimate of drug-likeness (QED) is 0.878. The van der Waals surface area contributed by atoms with Gasteiger partial charge >= 0.3 is 5.97 Å². The number of sulfonamides is 1. The molecule has 6 heteroatoms. The maximum atomic E-state index is 12.4. The van der Waals surface area contributed by atoms with E-state index in [1.807, 2.05) is 24.3 Å². The van der Waals surface area contributed by atoms with E-state index in [1.54, 1.807) is 12.1 Å². The Bertz CT molecular complexity index is 781. The molecule has 0 heterocycles. The van der Waals surface area contributed by atoms with E-state index < -0.39 is 21.5 Å². The normalized spacial score (nSPS) is 12.3. The predicted molar refractivity (Wildman–Crippen MR) is 80.4 cm³/mol. The second-order valence-electron chi connectivity index (χ2n) is 5.23. The number of carbonyl (C=O) groups is 1. The van der Waals surface area contributed by atoms with Crippen LogP contribution in [0.2, 0.25) is 0 Å². The van der Waals surface area contributed by atoms with Crippen LogP contribution in [0.15, 0.2) is 47.4 Å². The van der Waals surface area contributed by atoms with Crippen molar-refractivity contribution >= 4 is 26.8 Å². The van der Waals surface area contributed by atoms with Crippen LogP contribution in [0, 0.1) is 0 Å². The number of carbonyl (C=O) groups excluding carboxylic acids is 1. The Hall–Kier alpha value is -1.92. The number of hydrogen-bond donors (Lipinski definition) is 1. The van der Waals surface area contributed by atoms with Gasteiger partial charge in [0.15, 0.2) is 0 Å². The number of ether oxygens (including phenoxy) is 1. The minimum atomic E-state index is -3.82. The summed E-state index contributed by atoms with van der Waals surface area (Å²) in [6.07, 6.45) is 0. The van der Waals surface area contributed by atoms with Crippen molar-refractivity contribution in [2.45, 2.75) is 24.3 Å². The fourth-order valence-electron chi connectivity index (χ4n) is 2.03. The number of fused-ring (bicyclic) bond motifs is 1. The monoisotopic (exact) mass is 307 g/mol. The highest BCUT2D eigenvalue weighted by molar-refractivity contribution is 7.89. The van der Waals surface area contributed by atoms with E-state index in [4.69, 9.17) is 0 Å². The van der Waals surface area contributed by atoms with Crippen LogP contribution in [-0.2, 0) is 19.6 Å². The summed E-state index contributed by atoms with van der Waals surface area (Å²) in [5.41, 5.74) is -1.33. The van der Waals surface area contributed by atoms with Gasteiger partial charge in [0.2, 0.25) is 10.0 Å². The molecule has 0 spiro atoms. The van der Waals surface area contributed by atoms with Gasteiger partial charge in [0.1, 0.15) is 5.54 Å². The van der Waals surface area contributed by atoms with Gasteiger partial charge in [-0.1, -0.05) is 30.3 Å². The van der Waals surface area contributed by atoms with E-state index in [9.17, 15) is 13.2 Å². The third kappa shape index (κ3) is 3.22. The molecule has 0 atom stereocenters. The van der Waals surface area contributed by atoms with Gasteiger partial charge in [-0.2, -0.15) is 4.72 Å². The summed E-state index contributed by atoms with van der Waals surface area (Å²) in [5.74, 6) is -0.646. The van der Waals surface area contributed by atoms with Crippen LogP contribution in [0.25, 0.3) is 10.8 Å². The number of methoxy groups -OCH3 is 1. The third-order valence-corrected chi connectivity index (χ3v) is 4.77. The summed E-state index contributed by atoms with van der Waals surface area (Å²) in [6.45, 7) is 2.91.